The van der Waals surface area contributed by atoms with E-state index in [1.165, 1.54) is 24.3 Å². The molecule has 0 fully saturated rings. The number of sulfonamides is 1. The van der Waals surface area contributed by atoms with Gasteiger partial charge in [-0.2, -0.15) is 0 Å². The minimum absolute atomic E-state index is 0.0364. The van der Waals surface area contributed by atoms with E-state index in [-0.39, 0.29) is 11.4 Å². The predicted octanol–water partition coefficient (Wildman–Crippen LogP) is 2.61. The molecular weight excluding hydrogens is 414 g/mol. The van der Waals surface area contributed by atoms with Crippen LogP contribution in [0.1, 0.15) is 6.92 Å². The van der Waals surface area contributed by atoms with Gasteiger partial charge in [-0.1, -0.05) is 23.7 Å². The molecule has 0 aliphatic heterocycles. The van der Waals surface area contributed by atoms with E-state index in [0.29, 0.717) is 36.2 Å². The monoisotopic (exact) mass is 439 g/mol. The zero-order valence-electron chi connectivity index (χ0n) is 16.8. The van der Waals surface area contributed by atoms with Gasteiger partial charge in [0.25, 0.3) is 10.0 Å². The summed E-state index contributed by atoms with van der Waals surface area (Å²) in [6, 6.07) is 12.6. The number of anilines is 1. The van der Waals surface area contributed by atoms with Crippen LogP contribution in [0.5, 0.6) is 5.75 Å². The van der Waals surface area contributed by atoms with Crippen molar-refractivity contribution in [2.24, 2.45) is 0 Å². The Hall–Kier alpha value is -2.29. The number of ether oxygens (including phenoxy) is 1. The fourth-order valence-corrected chi connectivity index (χ4v) is 4.14. The molecule has 1 N–H and O–H groups in total. The second-order valence-corrected chi connectivity index (χ2v) is 8.82. The number of hydrogen-bond donors (Lipinski definition) is 1. The molecule has 158 valence electrons. The summed E-state index contributed by atoms with van der Waals surface area (Å²) in [6.45, 7) is 2.85. The number of carbonyl (C=O) groups excluding carboxylic acids is 1. The summed E-state index contributed by atoms with van der Waals surface area (Å²) in [4.78, 5) is 14.5. The molecule has 0 radical (unpaired) electrons. The molecule has 29 heavy (non-hydrogen) atoms. The van der Waals surface area contributed by atoms with Gasteiger partial charge < -0.3 is 15.0 Å². The lowest BCUT2D eigenvalue weighted by molar-refractivity contribution is -0.119. The molecule has 0 aromatic heterocycles. The Bertz CT molecular complexity index is 918. The molecule has 0 saturated carbocycles. The number of rotatable bonds is 10. The van der Waals surface area contributed by atoms with Crippen molar-refractivity contribution in [2.45, 2.75) is 11.8 Å². The number of nitrogens with zero attached hydrogens (tertiary/aromatic N) is 2. The molecule has 2 aromatic rings. The van der Waals surface area contributed by atoms with Crippen LogP contribution >= 0.6 is 11.6 Å². The molecule has 1 amide bonds. The van der Waals surface area contributed by atoms with Crippen LogP contribution in [0.15, 0.2) is 53.4 Å². The van der Waals surface area contributed by atoms with Crippen molar-refractivity contribution in [1.29, 1.82) is 0 Å². The van der Waals surface area contributed by atoms with Gasteiger partial charge in [0.05, 0.1) is 17.2 Å². The molecule has 0 aliphatic carbocycles. The van der Waals surface area contributed by atoms with Crippen molar-refractivity contribution in [3.05, 3.63) is 53.6 Å². The van der Waals surface area contributed by atoms with Gasteiger partial charge in [0.1, 0.15) is 12.3 Å². The van der Waals surface area contributed by atoms with Crippen LogP contribution < -0.4 is 14.4 Å². The van der Waals surface area contributed by atoms with E-state index in [0.717, 1.165) is 4.31 Å². The molecule has 0 bridgehead atoms. The third-order valence-electron chi connectivity index (χ3n) is 4.00. The lowest BCUT2D eigenvalue weighted by atomic mass is 10.3. The molecule has 7 nitrogen and oxygen atoms in total. The van der Waals surface area contributed by atoms with Crippen LogP contribution in [-0.2, 0) is 14.8 Å². The van der Waals surface area contributed by atoms with Crippen molar-refractivity contribution in [3.63, 3.8) is 0 Å². The summed E-state index contributed by atoms with van der Waals surface area (Å²) in [7, 11) is -0.243. The van der Waals surface area contributed by atoms with Gasteiger partial charge >= 0.3 is 0 Å². The smallest absolute Gasteiger partial charge is 0.264 e. The van der Waals surface area contributed by atoms with Crippen molar-refractivity contribution in [1.82, 2.24) is 10.2 Å². The fourth-order valence-electron chi connectivity index (χ4n) is 2.58. The summed E-state index contributed by atoms with van der Waals surface area (Å²) < 4.78 is 33.4. The molecule has 0 atom stereocenters. The minimum atomic E-state index is -4.02. The van der Waals surface area contributed by atoms with Crippen molar-refractivity contribution in [3.8, 4) is 5.75 Å². The second-order valence-electron chi connectivity index (χ2n) is 6.52. The molecule has 0 unspecified atom stereocenters. The van der Waals surface area contributed by atoms with Crippen LogP contribution in [0, 0.1) is 0 Å². The maximum atomic E-state index is 13.4. The molecule has 2 rings (SSSR count). The summed E-state index contributed by atoms with van der Waals surface area (Å²) in [6.07, 6.45) is 0. The summed E-state index contributed by atoms with van der Waals surface area (Å²) in [5.41, 5.74) is 0.298. The van der Waals surface area contributed by atoms with Crippen LogP contribution in [0.3, 0.4) is 0 Å². The summed E-state index contributed by atoms with van der Waals surface area (Å²) >= 11 is 5.90. The average Bonchev–Trinajstić information content (AvgIpc) is 2.67. The molecule has 0 saturated heterocycles. The van der Waals surface area contributed by atoms with E-state index in [2.05, 4.69) is 5.32 Å². The molecular formula is C20H26ClN3O4S. The molecule has 9 heteroatoms. The molecule has 0 spiro atoms. The third-order valence-corrected chi connectivity index (χ3v) is 6.03. The van der Waals surface area contributed by atoms with Gasteiger partial charge in [-0.3, -0.25) is 9.10 Å². The van der Waals surface area contributed by atoms with E-state index >= 15 is 0 Å². The van der Waals surface area contributed by atoms with Crippen LogP contribution in [0.2, 0.25) is 5.02 Å². The van der Waals surface area contributed by atoms with E-state index < -0.39 is 15.9 Å². The van der Waals surface area contributed by atoms with E-state index in [1.54, 1.807) is 24.3 Å². The molecule has 0 aliphatic rings. The number of benzene rings is 2. The van der Waals surface area contributed by atoms with E-state index in [9.17, 15) is 13.2 Å². The first-order valence-electron chi connectivity index (χ1n) is 9.17. The lowest BCUT2D eigenvalue weighted by Crippen LogP contribution is -2.42. The quantitative estimate of drug-likeness (QED) is 0.615. The highest BCUT2D eigenvalue weighted by Crippen LogP contribution is 2.32. The Kier molecular flexibility index (Phi) is 8.31. The SMILES string of the molecule is CCOc1ccccc1N(CC(=O)NCCN(C)C)S(=O)(=O)c1ccc(Cl)cc1. The van der Waals surface area contributed by atoms with Gasteiger partial charge in [-0.15, -0.1) is 0 Å². The Labute approximate surface area is 177 Å². The number of halogens is 1. The van der Waals surface area contributed by atoms with Crippen molar-refractivity contribution >= 4 is 33.2 Å². The highest BCUT2D eigenvalue weighted by Gasteiger charge is 2.29. The predicted molar refractivity (Wildman–Crippen MR) is 115 cm³/mol. The largest absolute Gasteiger partial charge is 0.492 e. The summed E-state index contributed by atoms with van der Waals surface area (Å²) in [5.74, 6) is -0.0238. The zero-order valence-corrected chi connectivity index (χ0v) is 18.3. The Balaban J connectivity index is 2.40. The van der Waals surface area contributed by atoms with Crippen molar-refractivity contribution in [2.75, 3.05) is 44.6 Å². The first kappa shape index (κ1) is 23.0. The van der Waals surface area contributed by atoms with Gasteiger partial charge in [-0.05, 0) is 57.4 Å². The number of nitrogens with one attached hydrogen (secondary N) is 1. The summed E-state index contributed by atoms with van der Waals surface area (Å²) in [5, 5.41) is 3.17. The van der Waals surface area contributed by atoms with Crippen LogP contribution in [0.4, 0.5) is 5.69 Å². The minimum Gasteiger partial charge on any atom is -0.492 e. The van der Waals surface area contributed by atoms with E-state index in [1.807, 2.05) is 25.9 Å². The molecule has 2 aromatic carbocycles. The zero-order chi connectivity index (χ0) is 21.4. The van der Waals surface area contributed by atoms with Crippen molar-refractivity contribution < 1.29 is 17.9 Å². The lowest BCUT2D eigenvalue weighted by Gasteiger charge is -2.26. The van der Waals surface area contributed by atoms with Gasteiger partial charge in [0.15, 0.2) is 0 Å². The highest BCUT2D eigenvalue weighted by molar-refractivity contribution is 7.92. The maximum Gasteiger partial charge on any atom is 0.264 e. The number of hydrogen-bond acceptors (Lipinski definition) is 5. The normalized spacial score (nSPS) is 11.3. The molecule has 0 heterocycles. The number of likely N-dealkylation sites (N-methyl/N-ethyl adjacent to an activating group) is 1. The van der Waals surface area contributed by atoms with Gasteiger partial charge in [-0.25, -0.2) is 8.42 Å². The Morgan fingerprint density at radius 1 is 1.10 bits per heavy atom. The Morgan fingerprint density at radius 3 is 2.38 bits per heavy atom. The van der Waals surface area contributed by atoms with Crippen LogP contribution in [-0.4, -0.2) is 59.6 Å². The first-order chi connectivity index (χ1) is 13.8. The first-order valence-corrected chi connectivity index (χ1v) is 11.0. The number of para-hydroxylation sites is 2. The standard InChI is InChI=1S/C20H26ClN3O4S/c1-4-28-19-8-6-5-7-18(19)24(15-20(25)22-13-14-23(2)3)29(26,27)17-11-9-16(21)10-12-17/h5-12H,4,13-15H2,1-3H3,(H,22,25). The number of carbonyl (C=O) groups is 1. The maximum absolute atomic E-state index is 13.4. The van der Waals surface area contributed by atoms with Gasteiger partial charge in [0, 0.05) is 18.1 Å². The Morgan fingerprint density at radius 2 is 1.76 bits per heavy atom. The fraction of sp³-hybridized carbons (Fsp3) is 0.350. The van der Waals surface area contributed by atoms with E-state index in [4.69, 9.17) is 16.3 Å². The topological polar surface area (TPSA) is 79.0 Å². The van der Waals surface area contributed by atoms with Gasteiger partial charge in [0.2, 0.25) is 5.91 Å². The number of amides is 1. The average molecular weight is 440 g/mol. The second kappa shape index (κ2) is 10.5. The van der Waals surface area contributed by atoms with Crippen LogP contribution in [0.25, 0.3) is 0 Å². The third kappa shape index (κ3) is 6.35. The highest BCUT2D eigenvalue weighted by atomic mass is 35.5.